The van der Waals surface area contributed by atoms with E-state index in [1.165, 1.54) is 18.2 Å². The summed E-state index contributed by atoms with van der Waals surface area (Å²) in [5.74, 6) is -0.459. The van der Waals surface area contributed by atoms with Gasteiger partial charge in [0, 0.05) is 22.7 Å². The Morgan fingerprint density at radius 2 is 1.91 bits per heavy atom. The fraction of sp³-hybridized carbons (Fsp3) is 0.417. The first-order valence-electron chi connectivity index (χ1n) is 11.4. The number of fused-ring (bicyclic) bond motifs is 9. The van der Waals surface area contributed by atoms with Crippen molar-refractivity contribution in [3.8, 4) is 5.75 Å². The van der Waals surface area contributed by atoms with Crippen molar-refractivity contribution in [3.63, 3.8) is 0 Å². The maximum absolute atomic E-state index is 15.2. The molecule has 6 rings (SSSR count). The minimum atomic E-state index is -3.05. The van der Waals surface area contributed by atoms with Gasteiger partial charge in [0.25, 0.3) is 5.91 Å². The summed E-state index contributed by atoms with van der Waals surface area (Å²) in [5, 5.41) is 2.92. The van der Waals surface area contributed by atoms with Crippen LogP contribution in [-0.2, 0) is 9.31 Å². The summed E-state index contributed by atoms with van der Waals surface area (Å²) >= 11 is 0. The molecule has 3 aromatic rings. The van der Waals surface area contributed by atoms with E-state index in [-0.39, 0.29) is 16.8 Å². The van der Waals surface area contributed by atoms with Gasteiger partial charge in [0.15, 0.2) is 0 Å². The van der Waals surface area contributed by atoms with Gasteiger partial charge in [-0.05, 0) is 52.3 Å². The van der Waals surface area contributed by atoms with Crippen LogP contribution in [0.15, 0.2) is 30.3 Å². The zero-order chi connectivity index (χ0) is 24.9. The average molecular weight is 485 g/mol. The van der Waals surface area contributed by atoms with E-state index < -0.39 is 48.7 Å². The van der Waals surface area contributed by atoms with Gasteiger partial charge in [-0.25, -0.2) is 9.37 Å². The minimum absolute atomic E-state index is 0.0682. The Balaban J connectivity index is 1.53. The molecule has 2 aromatic carbocycles. The summed E-state index contributed by atoms with van der Waals surface area (Å²) in [6.45, 7) is 4.49. The molecule has 1 fully saturated rings. The van der Waals surface area contributed by atoms with Gasteiger partial charge in [-0.3, -0.25) is 4.79 Å². The fourth-order valence-electron chi connectivity index (χ4n) is 5.20. The van der Waals surface area contributed by atoms with E-state index in [1.807, 2.05) is 32.3 Å². The molecule has 35 heavy (non-hydrogen) atoms. The zero-order valence-corrected chi connectivity index (χ0v) is 19.6. The fourth-order valence-corrected chi connectivity index (χ4v) is 5.20. The molecule has 0 spiro atoms. The Bertz CT molecular complexity index is 1370. The van der Waals surface area contributed by atoms with E-state index in [4.69, 9.17) is 14.0 Å². The molecule has 0 aliphatic carbocycles. The van der Waals surface area contributed by atoms with E-state index in [1.54, 1.807) is 12.1 Å². The van der Waals surface area contributed by atoms with Crippen LogP contribution < -0.4 is 15.5 Å². The minimum Gasteiger partial charge on any atom is -0.434 e. The number of rotatable bonds is 3. The van der Waals surface area contributed by atoms with Crippen molar-refractivity contribution >= 4 is 29.5 Å². The monoisotopic (exact) mass is 485 g/mol. The number of halogens is 3. The Morgan fingerprint density at radius 3 is 2.60 bits per heavy atom. The van der Waals surface area contributed by atoms with Gasteiger partial charge in [0.1, 0.15) is 17.4 Å². The molecule has 0 unspecified atom stereocenters. The summed E-state index contributed by atoms with van der Waals surface area (Å²) in [4.78, 5) is 17.5. The van der Waals surface area contributed by atoms with Crippen LogP contribution in [0, 0.1) is 5.82 Å². The van der Waals surface area contributed by atoms with Gasteiger partial charge < -0.3 is 23.9 Å². The maximum atomic E-state index is 15.2. The zero-order valence-electron chi connectivity index (χ0n) is 19.6. The standard InChI is InChI=1S/C24H23BF3N3O4/c1-23(2)24(3,4)35-25(34-23)12-8-16-14(9-13(12)26)29-20-15-10-17(31(16)20)19-11(21(32)30-15)6-5-7-18(19)33-22(27)28/h5-9,15,17,22H,10H2,1-4H3,(H,30,32)/t15-,17+/m0/s1. The molecular formula is C24H23BF3N3O4. The normalized spacial score (nSPS) is 23.9. The number of aromatic nitrogens is 2. The second kappa shape index (κ2) is 7.24. The SMILES string of the molecule is CC1(C)OB(c2cc3c(cc2F)nc2n3[C@@H]3C[C@@H]2NC(=O)c2cccc(OC(F)F)c23)OC1(C)C. The molecule has 1 N–H and O–H groups in total. The molecule has 1 aromatic heterocycles. The lowest BCUT2D eigenvalue weighted by Crippen LogP contribution is -2.41. The van der Waals surface area contributed by atoms with Crippen molar-refractivity contribution in [1.29, 1.82) is 0 Å². The number of hydrogen-bond acceptors (Lipinski definition) is 5. The van der Waals surface area contributed by atoms with Gasteiger partial charge in [-0.1, -0.05) is 6.07 Å². The molecule has 7 nitrogen and oxygen atoms in total. The van der Waals surface area contributed by atoms with E-state index in [0.29, 0.717) is 28.8 Å². The predicted octanol–water partition coefficient (Wildman–Crippen LogP) is 3.85. The lowest BCUT2D eigenvalue weighted by Gasteiger charge is -2.32. The third kappa shape index (κ3) is 3.21. The van der Waals surface area contributed by atoms with Crippen LogP contribution in [-0.4, -0.2) is 40.4 Å². The third-order valence-corrected chi connectivity index (χ3v) is 7.59. The smallest absolute Gasteiger partial charge is 0.434 e. The van der Waals surface area contributed by atoms with Crippen molar-refractivity contribution in [2.24, 2.45) is 0 Å². The van der Waals surface area contributed by atoms with Gasteiger partial charge in [0.2, 0.25) is 0 Å². The number of carbonyl (C=O) groups excluding carboxylic acids is 1. The highest BCUT2D eigenvalue weighted by Crippen LogP contribution is 2.47. The van der Waals surface area contributed by atoms with E-state index in [0.717, 1.165) is 0 Å². The predicted molar refractivity (Wildman–Crippen MR) is 121 cm³/mol. The highest BCUT2D eigenvalue weighted by atomic mass is 19.3. The van der Waals surface area contributed by atoms with Crippen LogP contribution in [0.25, 0.3) is 11.0 Å². The first-order chi connectivity index (χ1) is 16.5. The Kier molecular flexibility index (Phi) is 4.64. The second-order valence-electron chi connectivity index (χ2n) is 10.2. The number of nitrogens with one attached hydrogen (secondary N) is 1. The van der Waals surface area contributed by atoms with E-state index in [9.17, 15) is 13.6 Å². The van der Waals surface area contributed by atoms with Crippen molar-refractivity contribution in [1.82, 2.24) is 14.9 Å². The highest BCUT2D eigenvalue weighted by Gasteiger charge is 2.53. The third-order valence-electron chi connectivity index (χ3n) is 7.59. The number of ether oxygens (including phenoxy) is 1. The molecule has 11 heteroatoms. The van der Waals surface area contributed by atoms with Gasteiger partial charge in [0.05, 0.1) is 34.3 Å². The number of amides is 1. The van der Waals surface area contributed by atoms with E-state index >= 15 is 4.39 Å². The van der Waals surface area contributed by atoms with Crippen molar-refractivity contribution in [2.45, 2.75) is 64.0 Å². The lowest BCUT2D eigenvalue weighted by molar-refractivity contribution is -0.0507. The molecule has 2 atom stereocenters. The van der Waals surface area contributed by atoms with Crippen LogP contribution in [0.3, 0.4) is 0 Å². The summed E-state index contributed by atoms with van der Waals surface area (Å²) in [7, 11) is -0.927. The molecule has 1 amide bonds. The number of carbonyl (C=O) groups is 1. The van der Waals surface area contributed by atoms with Crippen LogP contribution in [0.5, 0.6) is 5.75 Å². The van der Waals surface area contributed by atoms with E-state index in [2.05, 4.69) is 10.3 Å². The maximum Gasteiger partial charge on any atom is 0.497 e. The average Bonchev–Trinajstić information content (AvgIpc) is 3.31. The van der Waals surface area contributed by atoms with Crippen LogP contribution >= 0.6 is 0 Å². The number of imidazole rings is 1. The molecule has 0 radical (unpaired) electrons. The molecule has 1 saturated heterocycles. The molecule has 3 aliphatic rings. The first-order valence-corrected chi connectivity index (χ1v) is 11.4. The van der Waals surface area contributed by atoms with Crippen molar-refractivity contribution < 1.29 is 32.0 Å². The molecule has 2 bridgehead atoms. The lowest BCUT2D eigenvalue weighted by atomic mass is 9.78. The summed E-state index contributed by atoms with van der Waals surface area (Å²) in [6, 6.07) is 6.49. The highest BCUT2D eigenvalue weighted by molar-refractivity contribution is 6.62. The summed E-state index contributed by atoms with van der Waals surface area (Å²) < 4.78 is 60.4. The van der Waals surface area contributed by atoms with Crippen molar-refractivity contribution in [3.05, 3.63) is 53.1 Å². The molecule has 4 heterocycles. The largest absolute Gasteiger partial charge is 0.497 e. The Hall–Kier alpha value is -3.05. The van der Waals surface area contributed by atoms with Crippen molar-refractivity contribution in [2.75, 3.05) is 0 Å². The van der Waals surface area contributed by atoms with Crippen LogP contribution in [0.4, 0.5) is 13.2 Å². The topological polar surface area (TPSA) is 74.6 Å². The number of benzene rings is 2. The number of alkyl halides is 2. The van der Waals surface area contributed by atoms with Crippen LogP contribution in [0.2, 0.25) is 0 Å². The van der Waals surface area contributed by atoms with Crippen LogP contribution in [0.1, 0.15) is 67.9 Å². The molecular weight excluding hydrogens is 462 g/mol. The summed E-state index contributed by atoms with van der Waals surface area (Å²) in [6.07, 6.45) is 0.407. The number of nitrogens with zero attached hydrogens (tertiary/aromatic N) is 2. The van der Waals surface area contributed by atoms with Gasteiger partial charge >= 0.3 is 13.7 Å². The molecule has 182 valence electrons. The second-order valence-corrected chi connectivity index (χ2v) is 10.2. The number of hydrogen-bond donors (Lipinski definition) is 1. The summed E-state index contributed by atoms with van der Waals surface area (Å²) in [5.41, 5.74) is 0.503. The quantitative estimate of drug-likeness (QED) is 0.571. The first kappa shape index (κ1) is 22.4. The van der Waals surface area contributed by atoms with Gasteiger partial charge in [-0.15, -0.1) is 0 Å². The Labute approximate surface area is 199 Å². The molecule has 3 aliphatic heterocycles. The Morgan fingerprint density at radius 1 is 1.20 bits per heavy atom. The molecule has 0 saturated carbocycles. The van der Waals surface area contributed by atoms with Gasteiger partial charge in [-0.2, -0.15) is 8.78 Å².